The van der Waals surface area contributed by atoms with Crippen LogP contribution in [-0.2, 0) is 15.1 Å². The zero-order chi connectivity index (χ0) is 32.3. The number of hydrogen-bond acceptors (Lipinski definition) is 6. The average Bonchev–Trinajstić information content (AvgIpc) is 3.66. The quantitative estimate of drug-likeness (QED) is 0.320. The highest BCUT2D eigenvalue weighted by Gasteiger charge is 2.54. The Hall–Kier alpha value is -2.52. The molecule has 0 N–H and O–H groups in total. The van der Waals surface area contributed by atoms with Gasteiger partial charge in [-0.15, -0.1) is 0 Å². The average molecular weight is 681 g/mol. The van der Waals surface area contributed by atoms with Gasteiger partial charge in [0.25, 0.3) is 5.91 Å². The van der Waals surface area contributed by atoms with Gasteiger partial charge >= 0.3 is 0 Å². The van der Waals surface area contributed by atoms with Crippen molar-refractivity contribution in [3.8, 4) is 0 Å². The molecule has 1 aliphatic carbocycles. The lowest BCUT2D eigenvalue weighted by Crippen LogP contribution is -2.57. The number of amidine groups is 1. The Bertz CT molecular complexity index is 1570. The molecule has 7 rings (SSSR count). The highest BCUT2D eigenvalue weighted by atomic mass is 35.5. The Morgan fingerprint density at radius 1 is 0.913 bits per heavy atom. The lowest BCUT2D eigenvalue weighted by molar-refractivity contribution is -0.144. The van der Waals surface area contributed by atoms with Crippen LogP contribution < -0.4 is 0 Å². The lowest BCUT2D eigenvalue weighted by atomic mass is 9.81. The Kier molecular flexibility index (Phi) is 8.71. The summed E-state index contributed by atoms with van der Waals surface area (Å²) in [6.45, 7) is 11.9. The van der Waals surface area contributed by atoms with Gasteiger partial charge in [-0.05, 0) is 92.6 Å². The van der Waals surface area contributed by atoms with Crippen molar-refractivity contribution in [3.63, 3.8) is 0 Å². The number of likely N-dealkylation sites (tertiary alicyclic amines) is 1. The predicted molar refractivity (Wildman–Crippen MR) is 187 cm³/mol. The van der Waals surface area contributed by atoms with Crippen LogP contribution in [0.15, 0.2) is 64.1 Å². The maximum absolute atomic E-state index is 14.7. The van der Waals surface area contributed by atoms with Gasteiger partial charge in [0.05, 0.1) is 6.04 Å². The smallest absolute Gasteiger partial charge is 0.263 e. The van der Waals surface area contributed by atoms with Crippen LogP contribution in [0.2, 0.25) is 10.0 Å². The standard InChI is InChI=1S/C36H43Cl2N5O2S/c1-22(2)30-31(34(45)42-23(3)8-17-29(42)33(44)41-20-18-40(19-21-41)28-6-5-7-28)46-35-39-36(4,25-11-15-27(38)16-12-25)32(43(30)35)24-9-13-26(37)14-10-24/h9-16,22-23,28-29,32H,5-8,17-21H2,1-4H3/t23-,29+,32-,36+/m1/s1. The van der Waals surface area contributed by atoms with Crippen molar-refractivity contribution in [2.24, 2.45) is 10.9 Å². The molecule has 0 radical (unpaired) electrons. The zero-order valence-electron chi connectivity index (χ0n) is 27.1. The van der Waals surface area contributed by atoms with Gasteiger partial charge in [-0.1, -0.05) is 67.7 Å². The summed E-state index contributed by atoms with van der Waals surface area (Å²) in [5.41, 5.74) is 2.45. The first-order chi connectivity index (χ1) is 22.1. The summed E-state index contributed by atoms with van der Waals surface area (Å²) in [5.74, 6) is 0.103. The molecule has 2 amide bonds. The number of carbonyl (C=O) groups is 2. The van der Waals surface area contributed by atoms with E-state index in [1.807, 2.05) is 46.2 Å². The van der Waals surface area contributed by atoms with E-state index in [0.717, 1.165) is 54.6 Å². The van der Waals surface area contributed by atoms with Crippen LogP contribution >= 0.6 is 35.0 Å². The maximum atomic E-state index is 14.7. The molecule has 4 heterocycles. The Labute approximate surface area is 287 Å². The van der Waals surface area contributed by atoms with Crippen molar-refractivity contribution in [1.29, 1.82) is 0 Å². The SMILES string of the molecule is CC(C)C1=C(C(=O)N2[C@H](C)CC[C@H]2C(=O)N2CCN(C3CCC3)CC2)SC2=N[C@@](C)(c3ccc(Cl)cc3)[C@@H](c3ccc(Cl)cc3)N21. The van der Waals surface area contributed by atoms with E-state index in [0.29, 0.717) is 27.4 Å². The molecule has 46 heavy (non-hydrogen) atoms. The molecule has 0 unspecified atom stereocenters. The molecule has 7 nitrogen and oxygen atoms in total. The molecule has 2 aromatic rings. The largest absolute Gasteiger partial charge is 0.338 e. The van der Waals surface area contributed by atoms with Gasteiger partial charge in [-0.3, -0.25) is 14.5 Å². The number of amides is 2. The number of benzene rings is 2. The van der Waals surface area contributed by atoms with Crippen molar-refractivity contribution < 1.29 is 9.59 Å². The second-order valence-electron chi connectivity index (χ2n) is 13.9. The molecule has 3 fully saturated rings. The summed E-state index contributed by atoms with van der Waals surface area (Å²) < 4.78 is 0. The predicted octanol–water partition coefficient (Wildman–Crippen LogP) is 7.31. The molecule has 4 aliphatic heterocycles. The Balaban J connectivity index is 1.20. The summed E-state index contributed by atoms with van der Waals surface area (Å²) in [4.78, 5) is 43.5. The van der Waals surface area contributed by atoms with E-state index >= 15 is 0 Å². The van der Waals surface area contributed by atoms with E-state index in [1.54, 1.807) is 0 Å². The minimum Gasteiger partial charge on any atom is -0.338 e. The zero-order valence-corrected chi connectivity index (χ0v) is 29.4. The van der Waals surface area contributed by atoms with Crippen molar-refractivity contribution in [2.45, 2.75) is 89.5 Å². The minimum absolute atomic E-state index is 0.0111. The van der Waals surface area contributed by atoms with Crippen molar-refractivity contribution >= 4 is 51.9 Å². The number of thioether (sulfide) groups is 1. The fourth-order valence-corrected chi connectivity index (χ4v) is 9.62. The fraction of sp³-hybridized carbons (Fsp3) is 0.528. The molecule has 244 valence electrons. The second-order valence-corrected chi connectivity index (χ2v) is 15.8. The molecule has 0 bridgehead atoms. The third-order valence-electron chi connectivity index (χ3n) is 10.8. The van der Waals surface area contributed by atoms with Crippen molar-refractivity contribution in [2.75, 3.05) is 26.2 Å². The Morgan fingerprint density at radius 2 is 1.54 bits per heavy atom. The van der Waals surface area contributed by atoms with Crippen molar-refractivity contribution in [1.82, 2.24) is 19.6 Å². The van der Waals surface area contributed by atoms with E-state index in [2.05, 4.69) is 49.6 Å². The van der Waals surface area contributed by atoms with Crippen LogP contribution in [0.5, 0.6) is 0 Å². The van der Waals surface area contributed by atoms with E-state index in [-0.39, 0.29) is 29.8 Å². The van der Waals surface area contributed by atoms with Gasteiger partial charge < -0.3 is 14.7 Å². The molecule has 2 aromatic carbocycles. The number of halogens is 2. The third kappa shape index (κ3) is 5.47. The number of carbonyl (C=O) groups excluding carboxylic acids is 2. The number of aliphatic imine (C=N–C) groups is 1. The van der Waals surface area contributed by atoms with E-state index in [9.17, 15) is 9.59 Å². The number of allylic oxidation sites excluding steroid dienone is 1. The van der Waals surface area contributed by atoms with E-state index in [4.69, 9.17) is 28.2 Å². The van der Waals surface area contributed by atoms with Crippen LogP contribution in [0.1, 0.15) is 77.0 Å². The second kappa shape index (κ2) is 12.5. The van der Waals surface area contributed by atoms with Crippen LogP contribution in [0.4, 0.5) is 0 Å². The summed E-state index contributed by atoms with van der Waals surface area (Å²) >= 11 is 14.1. The van der Waals surface area contributed by atoms with Crippen LogP contribution in [0.3, 0.4) is 0 Å². The van der Waals surface area contributed by atoms with Crippen molar-refractivity contribution in [3.05, 3.63) is 80.3 Å². The van der Waals surface area contributed by atoms with Crippen LogP contribution in [0, 0.1) is 5.92 Å². The topological polar surface area (TPSA) is 59.5 Å². The first kappa shape index (κ1) is 32.0. The summed E-state index contributed by atoms with van der Waals surface area (Å²) in [7, 11) is 0. The minimum atomic E-state index is -0.628. The van der Waals surface area contributed by atoms with E-state index < -0.39 is 11.6 Å². The van der Waals surface area contributed by atoms with Gasteiger partial charge in [0.1, 0.15) is 16.5 Å². The fourth-order valence-electron chi connectivity index (χ4n) is 8.02. The molecule has 0 spiro atoms. The Morgan fingerprint density at radius 3 is 2.13 bits per heavy atom. The molecule has 5 aliphatic rings. The summed E-state index contributed by atoms with van der Waals surface area (Å²) in [6, 6.07) is 15.9. The summed E-state index contributed by atoms with van der Waals surface area (Å²) in [5, 5.41) is 2.16. The van der Waals surface area contributed by atoms with Gasteiger partial charge in [0, 0.05) is 54.0 Å². The molecular formula is C36H43Cl2N5O2S. The molecule has 0 aromatic heterocycles. The lowest BCUT2D eigenvalue weighted by Gasteiger charge is -2.44. The number of fused-ring (bicyclic) bond motifs is 1. The number of hydrogen-bond donors (Lipinski definition) is 0. The van der Waals surface area contributed by atoms with Gasteiger partial charge in [-0.2, -0.15) is 0 Å². The molecule has 4 atom stereocenters. The van der Waals surface area contributed by atoms with Crippen LogP contribution in [-0.4, -0.2) is 80.9 Å². The molecule has 2 saturated heterocycles. The number of piperazine rings is 1. The van der Waals surface area contributed by atoms with Gasteiger partial charge in [-0.25, -0.2) is 4.99 Å². The summed E-state index contributed by atoms with van der Waals surface area (Å²) in [6.07, 6.45) is 5.41. The molecule has 1 saturated carbocycles. The van der Waals surface area contributed by atoms with E-state index in [1.165, 1.54) is 31.0 Å². The normalized spacial score (nSPS) is 28.6. The first-order valence-corrected chi connectivity index (χ1v) is 18.3. The maximum Gasteiger partial charge on any atom is 0.263 e. The molecule has 10 heteroatoms. The van der Waals surface area contributed by atoms with Gasteiger partial charge in [0.2, 0.25) is 5.91 Å². The van der Waals surface area contributed by atoms with Crippen LogP contribution in [0.25, 0.3) is 0 Å². The third-order valence-corrected chi connectivity index (χ3v) is 12.3. The van der Waals surface area contributed by atoms with Gasteiger partial charge in [0.15, 0.2) is 5.17 Å². The first-order valence-electron chi connectivity index (χ1n) is 16.7. The highest BCUT2D eigenvalue weighted by molar-refractivity contribution is 8.18. The highest BCUT2D eigenvalue weighted by Crippen LogP contribution is 2.56. The number of nitrogens with zero attached hydrogens (tertiary/aromatic N) is 5. The molecular weight excluding hydrogens is 637 g/mol. The monoisotopic (exact) mass is 679 g/mol. The number of rotatable bonds is 6.